The summed E-state index contributed by atoms with van der Waals surface area (Å²) >= 11 is 0. The monoisotopic (exact) mass is 335 g/mol. The zero-order valence-corrected chi connectivity index (χ0v) is 13.8. The van der Waals surface area contributed by atoms with Crippen LogP contribution in [0.2, 0.25) is 0 Å². The van der Waals surface area contributed by atoms with Crippen LogP contribution in [0.25, 0.3) is 0 Å². The molecule has 0 spiro atoms. The molecule has 2 rings (SSSR count). The molecule has 1 aromatic carbocycles. The minimum atomic E-state index is -3.85. The number of aromatic nitrogens is 2. The van der Waals surface area contributed by atoms with E-state index in [9.17, 15) is 13.2 Å². The Morgan fingerprint density at radius 3 is 2.48 bits per heavy atom. The van der Waals surface area contributed by atoms with E-state index in [1.165, 1.54) is 13.2 Å². The van der Waals surface area contributed by atoms with E-state index in [0.29, 0.717) is 5.56 Å². The van der Waals surface area contributed by atoms with Crippen molar-refractivity contribution in [2.24, 2.45) is 0 Å². The number of carbonyl (C=O) groups excluding carboxylic acids is 1. The quantitative estimate of drug-likeness (QED) is 0.886. The molecule has 0 atom stereocenters. The molecule has 1 heterocycles. The third-order valence-electron chi connectivity index (χ3n) is 3.31. The lowest BCUT2D eigenvalue weighted by Gasteiger charge is -2.11. The maximum absolute atomic E-state index is 12.2. The van der Waals surface area contributed by atoms with Crippen molar-refractivity contribution in [3.63, 3.8) is 0 Å². The maximum Gasteiger partial charge on any atom is 0.283 e. The van der Waals surface area contributed by atoms with E-state index in [0.717, 1.165) is 17.5 Å². The van der Waals surface area contributed by atoms with Gasteiger partial charge in [0.1, 0.15) is 12.0 Å². The van der Waals surface area contributed by atoms with Gasteiger partial charge in [0.25, 0.3) is 5.91 Å². The number of carbonyl (C=O) groups is 1. The Bertz CT molecular complexity index is 814. The number of rotatable bonds is 5. The van der Waals surface area contributed by atoms with Crippen molar-refractivity contribution in [2.45, 2.75) is 19.6 Å². The van der Waals surface area contributed by atoms with Gasteiger partial charge in [0, 0.05) is 6.07 Å². The summed E-state index contributed by atoms with van der Waals surface area (Å²) in [4.78, 5) is 19.6. The molecule has 122 valence electrons. The Kier molecular flexibility index (Phi) is 4.95. The second-order valence-corrected chi connectivity index (χ2v) is 6.73. The Hall–Kier alpha value is -2.48. The first-order valence-corrected chi connectivity index (χ1v) is 8.43. The van der Waals surface area contributed by atoms with Gasteiger partial charge in [-0.2, -0.15) is 0 Å². The Balaban J connectivity index is 2.19. The van der Waals surface area contributed by atoms with Crippen LogP contribution < -0.4 is 9.46 Å². The molecular weight excluding hydrogens is 318 g/mol. The van der Waals surface area contributed by atoms with Crippen LogP contribution >= 0.6 is 0 Å². The predicted octanol–water partition coefficient (Wildman–Crippen LogP) is 1.36. The van der Waals surface area contributed by atoms with Crippen LogP contribution in [0, 0.1) is 13.8 Å². The van der Waals surface area contributed by atoms with E-state index >= 15 is 0 Å². The minimum absolute atomic E-state index is 0.0815. The molecule has 7 nitrogen and oxygen atoms in total. The molecule has 23 heavy (non-hydrogen) atoms. The first kappa shape index (κ1) is 16.9. The Labute approximate surface area is 134 Å². The van der Waals surface area contributed by atoms with Crippen molar-refractivity contribution in [3.8, 4) is 5.88 Å². The summed E-state index contributed by atoms with van der Waals surface area (Å²) in [5.74, 6) is -0.923. The molecule has 0 bridgehead atoms. The van der Waals surface area contributed by atoms with Crippen molar-refractivity contribution in [1.82, 2.24) is 14.7 Å². The molecule has 0 saturated heterocycles. The third-order valence-corrected chi connectivity index (χ3v) is 4.48. The summed E-state index contributed by atoms with van der Waals surface area (Å²) in [6, 6.07) is 6.78. The molecule has 0 aliphatic heterocycles. The second-order valence-electron chi connectivity index (χ2n) is 5.01. The van der Waals surface area contributed by atoms with E-state index in [1.807, 2.05) is 36.8 Å². The SMILES string of the molecule is COc1cc(C(=O)NS(=O)(=O)Cc2c(C)cccc2C)ncn1. The topological polar surface area (TPSA) is 98.2 Å². The molecule has 0 fully saturated rings. The lowest BCUT2D eigenvalue weighted by Crippen LogP contribution is -2.32. The van der Waals surface area contributed by atoms with Gasteiger partial charge in [-0.3, -0.25) is 4.79 Å². The molecule has 2 aromatic rings. The predicted molar refractivity (Wildman–Crippen MR) is 84.6 cm³/mol. The highest BCUT2D eigenvalue weighted by Crippen LogP contribution is 2.16. The second kappa shape index (κ2) is 6.74. The normalized spacial score (nSPS) is 11.1. The van der Waals surface area contributed by atoms with Crippen LogP contribution in [-0.4, -0.2) is 31.4 Å². The first-order chi connectivity index (χ1) is 10.8. The highest BCUT2D eigenvalue weighted by molar-refractivity contribution is 7.89. The molecule has 0 aliphatic carbocycles. The summed E-state index contributed by atoms with van der Waals surface area (Å²) in [6.07, 6.45) is 1.13. The van der Waals surface area contributed by atoms with Crippen LogP contribution in [0.3, 0.4) is 0 Å². The number of benzene rings is 1. The molecule has 0 saturated carbocycles. The molecule has 0 aliphatic rings. The largest absolute Gasteiger partial charge is 0.481 e. The van der Waals surface area contributed by atoms with Crippen molar-refractivity contribution in [1.29, 1.82) is 0 Å². The van der Waals surface area contributed by atoms with E-state index in [4.69, 9.17) is 4.74 Å². The summed E-state index contributed by atoms with van der Waals surface area (Å²) in [5, 5.41) is 0. The van der Waals surface area contributed by atoms with Gasteiger partial charge >= 0.3 is 0 Å². The minimum Gasteiger partial charge on any atom is -0.481 e. The van der Waals surface area contributed by atoms with Gasteiger partial charge in [-0.15, -0.1) is 0 Å². The van der Waals surface area contributed by atoms with Gasteiger partial charge in [-0.1, -0.05) is 18.2 Å². The lowest BCUT2D eigenvalue weighted by atomic mass is 10.1. The molecular formula is C15H17N3O4S. The van der Waals surface area contributed by atoms with Crippen molar-refractivity contribution in [2.75, 3.05) is 7.11 Å². The van der Waals surface area contributed by atoms with Gasteiger partial charge in [-0.05, 0) is 30.5 Å². The molecule has 1 amide bonds. The van der Waals surface area contributed by atoms with E-state index < -0.39 is 15.9 Å². The van der Waals surface area contributed by atoms with E-state index in [2.05, 4.69) is 9.97 Å². The molecule has 1 N–H and O–H groups in total. The summed E-state index contributed by atoms with van der Waals surface area (Å²) in [5.41, 5.74) is 2.30. The number of methoxy groups -OCH3 is 1. The van der Waals surface area contributed by atoms with Crippen molar-refractivity contribution in [3.05, 3.63) is 53.0 Å². The number of ether oxygens (including phenoxy) is 1. The molecule has 0 radical (unpaired) electrons. The zero-order chi connectivity index (χ0) is 17.0. The molecule has 1 aromatic heterocycles. The Morgan fingerprint density at radius 2 is 1.87 bits per heavy atom. The number of hydrogen-bond donors (Lipinski definition) is 1. The lowest BCUT2D eigenvalue weighted by molar-refractivity contribution is 0.0976. The average Bonchev–Trinajstić information content (AvgIpc) is 2.51. The van der Waals surface area contributed by atoms with Crippen LogP contribution in [0.4, 0.5) is 0 Å². The van der Waals surface area contributed by atoms with Crippen LogP contribution in [-0.2, 0) is 15.8 Å². The summed E-state index contributed by atoms with van der Waals surface area (Å²) in [6.45, 7) is 3.66. The molecule has 8 heteroatoms. The number of sulfonamides is 1. The highest BCUT2D eigenvalue weighted by atomic mass is 32.2. The van der Waals surface area contributed by atoms with Gasteiger partial charge in [0.05, 0.1) is 12.9 Å². The fourth-order valence-corrected chi connectivity index (χ4v) is 3.37. The number of nitrogens with one attached hydrogen (secondary N) is 1. The van der Waals surface area contributed by atoms with Gasteiger partial charge in [-0.25, -0.2) is 23.1 Å². The average molecular weight is 335 g/mol. The fraction of sp³-hybridized carbons (Fsp3) is 0.267. The van der Waals surface area contributed by atoms with Crippen LogP contribution in [0.5, 0.6) is 5.88 Å². The standard InChI is InChI=1S/C15H17N3O4S/c1-10-5-4-6-11(2)12(10)8-23(20,21)18-15(19)13-7-14(22-3)17-9-16-13/h4-7,9H,8H2,1-3H3,(H,18,19). The van der Waals surface area contributed by atoms with Crippen LogP contribution in [0.1, 0.15) is 27.2 Å². The van der Waals surface area contributed by atoms with Crippen LogP contribution in [0.15, 0.2) is 30.6 Å². The van der Waals surface area contributed by atoms with Gasteiger partial charge in [0.15, 0.2) is 0 Å². The first-order valence-electron chi connectivity index (χ1n) is 6.78. The van der Waals surface area contributed by atoms with Gasteiger partial charge in [0.2, 0.25) is 15.9 Å². The number of aryl methyl sites for hydroxylation is 2. The Morgan fingerprint density at radius 1 is 1.22 bits per heavy atom. The smallest absolute Gasteiger partial charge is 0.283 e. The van der Waals surface area contributed by atoms with Gasteiger partial charge < -0.3 is 4.74 Å². The highest BCUT2D eigenvalue weighted by Gasteiger charge is 2.20. The molecule has 0 unspecified atom stereocenters. The zero-order valence-electron chi connectivity index (χ0n) is 13.0. The van der Waals surface area contributed by atoms with E-state index in [1.54, 1.807) is 0 Å². The fourth-order valence-electron chi connectivity index (χ4n) is 2.07. The number of nitrogens with zero attached hydrogens (tertiary/aromatic N) is 2. The maximum atomic E-state index is 12.2. The third kappa shape index (κ3) is 4.26. The van der Waals surface area contributed by atoms with E-state index in [-0.39, 0.29) is 17.3 Å². The van der Waals surface area contributed by atoms with Crippen molar-refractivity contribution < 1.29 is 17.9 Å². The number of amides is 1. The number of hydrogen-bond acceptors (Lipinski definition) is 6. The van der Waals surface area contributed by atoms with Crippen molar-refractivity contribution >= 4 is 15.9 Å². The summed E-state index contributed by atoms with van der Waals surface area (Å²) in [7, 11) is -2.46. The summed E-state index contributed by atoms with van der Waals surface area (Å²) < 4.78 is 31.4.